The normalized spacial score (nSPS) is 18.3. The van der Waals surface area contributed by atoms with Gasteiger partial charge in [-0.1, -0.05) is 11.6 Å². The SMILES string of the molecule is Cc1cc(Nc2ncnc3ccc(Cl)cc23)c(=O)n2c1C(=O)NC21CS(=O)(=O)C1. The van der Waals surface area contributed by atoms with Crippen molar-refractivity contribution >= 4 is 49.8 Å². The molecule has 29 heavy (non-hydrogen) atoms. The zero-order chi connectivity index (χ0) is 20.6. The van der Waals surface area contributed by atoms with Gasteiger partial charge in [0.15, 0.2) is 9.84 Å². The van der Waals surface area contributed by atoms with E-state index in [1.54, 1.807) is 31.2 Å². The van der Waals surface area contributed by atoms with Gasteiger partial charge in [0.2, 0.25) is 0 Å². The number of benzene rings is 1. The molecule has 0 atom stereocenters. The number of rotatable bonds is 2. The van der Waals surface area contributed by atoms with Crippen LogP contribution in [0.2, 0.25) is 5.02 Å². The number of nitrogens with zero attached hydrogens (tertiary/aromatic N) is 3. The molecule has 1 fully saturated rings. The maximum absolute atomic E-state index is 13.2. The lowest BCUT2D eigenvalue weighted by atomic mass is 10.1. The second kappa shape index (κ2) is 5.77. The first-order valence-corrected chi connectivity index (χ1v) is 10.9. The van der Waals surface area contributed by atoms with E-state index in [4.69, 9.17) is 11.6 Å². The largest absolute Gasteiger partial charge is 0.335 e. The first-order chi connectivity index (χ1) is 13.7. The van der Waals surface area contributed by atoms with E-state index in [1.807, 2.05) is 0 Å². The van der Waals surface area contributed by atoms with Crippen LogP contribution in [0.4, 0.5) is 11.5 Å². The summed E-state index contributed by atoms with van der Waals surface area (Å²) in [6, 6.07) is 6.68. The summed E-state index contributed by atoms with van der Waals surface area (Å²) in [6.07, 6.45) is 1.36. The van der Waals surface area contributed by atoms with Crippen molar-refractivity contribution in [2.45, 2.75) is 12.6 Å². The molecule has 11 heteroatoms. The third kappa shape index (κ3) is 2.63. The van der Waals surface area contributed by atoms with Gasteiger partial charge in [0.05, 0.1) is 17.0 Å². The Morgan fingerprint density at radius 2 is 1.97 bits per heavy atom. The van der Waals surface area contributed by atoms with Gasteiger partial charge in [0, 0.05) is 10.4 Å². The molecule has 9 nitrogen and oxygen atoms in total. The fourth-order valence-electron chi connectivity index (χ4n) is 3.99. The topological polar surface area (TPSA) is 123 Å². The Morgan fingerprint density at radius 1 is 1.21 bits per heavy atom. The maximum atomic E-state index is 13.2. The Labute approximate surface area is 169 Å². The van der Waals surface area contributed by atoms with Crippen LogP contribution in [-0.4, -0.2) is 40.4 Å². The smallest absolute Gasteiger partial charge is 0.276 e. The van der Waals surface area contributed by atoms with E-state index in [9.17, 15) is 18.0 Å². The molecule has 2 aliphatic rings. The summed E-state index contributed by atoms with van der Waals surface area (Å²) in [6.45, 7) is 1.69. The van der Waals surface area contributed by atoms with Crippen molar-refractivity contribution in [1.82, 2.24) is 19.9 Å². The Bertz CT molecular complexity index is 1390. The molecule has 5 rings (SSSR count). The van der Waals surface area contributed by atoms with Crippen molar-refractivity contribution in [1.29, 1.82) is 0 Å². The molecule has 0 aliphatic carbocycles. The van der Waals surface area contributed by atoms with Crippen molar-refractivity contribution in [3.63, 3.8) is 0 Å². The van der Waals surface area contributed by atoms with Crippen LogP contribution in [0, 0.1) is 6.92 Å². The molecule has 2 N–H and O–H groups in total. The summed E-state index contributed by atoms with van der Waals surface area (Å²) in [5, 5.41) is 6.79. The van der Waals surface area contributed by atoms with Gasteiger partial charge in [0.1, 0.15) is 29.2 Å². The van der Waals surface area contributed by atoms with Crippen LogP contribution in [-0.2, 0) is 15.5 Å². The second-order valence-electron chi connectivity index (χ2n) is 7.26. The molecule has 0 saturated carbocycles. The zero-order valence-electron chi connectivity index (χ0n) is 15.1. The molecule has 3 aromatic rings. The first-order valence-electron chi connectivity index (χ1n) is 8.66. The van der Waals surface area contributed by atoms with E-state index in [-0.39, 0.29) is 22.9 Å². The van der Waals surface area contributed by atoms with E-state index in [2.05, 4.69) is 20.6 Å². The summed E-state index contributed by atoms with van der Waals surface area (Å²) in [5.41, 5.74) is -0.211. The van der Waals surface area contributed by atoms with Gasteiger partial charge in [-0.05, 0) is 36.8 Å². The lowest BCUT2D eigenvalue weighted by molar-refractivity contribution is 0.0931. The van der Waals surface area contributed by atoms with Crippen molar-refractivity contribution in [3.05, 3.63) is 57.2 Å². The highest BCUT2D eigenvalue weighted by Crippen LogP contribution is 2.35. The molecule has 0 radical (unpaired) electrons. The predicted octanol–water partition coefficient (Wildman–Crippen LogP) is 1.32. The van der Waals surface area contributed by atoms with Crippen molar-refractivity contribution in [2.75, 3.05) is 16.8 Å². The Balaban J connectivity index is 1.67. The first kappa shape index (κ1) is 18.1. The van der Waals surface area contributed by atoms with E-state index < -0.39 is 27.0 Å². The van der Waals surface area contributed by atoms with Crippen LogP contribution in [0.25, 0.3) is 10.9 Å². The number of carbonyl (C=O) groups excluding carboxylic acids is 1. The number of hydrogen-bond acceptors (Lipinski definition) is 7. The summed E-state index contributed by atoms with van der Waals surface area (Å²) < 4.78 is 24.9. The number of hydrogen-bond donors (Lipinski definition) is 2. The van der Waals surface area contributed by atoms with Gasteiger partial charge in [-0.2, -0.15) is 0 Å². The summed E-state index contributed by atoms with van der Waals surface area (Å²) in [5.74, 6) is -0.705. The van der Waals surface area contributed by atoms with E-state index in [0.29, 0.717) is 27.3 Å². The van der Waals surface area contributed by atoms with Crippen LogP contribution in [0.3, 0.4) is 0 Å². The third-order valence-corrected chi connectivity index (χ3v) is 7.22. The van der Waals surface area contributed by atoms with E-state index in [1.165, 1.54) is 10.9 Å². The summed E-state index contributed by atoms with van der Waals surface area (Å²) in [7, 11) is -3.30. The Kier molecular flexibility index (Phi) is 3.60. The Morgan fingerprint density at radius 3 is 2.69 bits per heavy atom. The van der Waals surface area contributed by atoms with Crippen molar-refractivity contribution in [2.24, 2.45) is 0 Å². The number of fused-ring (bicyclic) bond motifs is 3. The van der Waals surface area contributed by atoms with Crippen LogP contribution in [0.5, 0.6) is 0 Å². The molecular formula is C18H14ClN5O4S. The van der Waals surface area contributed by atoms with Gasteiger partial charge in [-0.3, -0.25) is 14.2 Å². The molecule has 2 aliphatic heterocycles. The number of carbonyl (C=O) groups is 1. The molecule has 0 unspecified atom stereocenters. The number of sulfone groups is 1. The molecule has 1 aromatic carbocycles. The second-order valence-corrected chi connectivity index (χ2v) is 9.76. The highest BCUT2D eigenvalue weighted by atomic mass is 35.5. The van der Waals surface area contributed by atoms with Gasteiger partial charge in [0.25, 0.3) is 11.5 Å². The van der Waals surface area contributed by atoms with Crippen molar-refractivity contribution in [3.8, 4) is 0 Å². The summed E-state index contributed by atoms with van der Waals surface area (Å²) >= 11 is 6.08. The number of nitrogens with one attached hydrogen (secondary N) is 2. The maximum Gasteiger partial charge on any atom is 0.276 e. The monoisotopic (exact) mass is 431 g/mol. The van der Waals surface area contributed by atoms with Gasteiger partial charge in [-0.25, -0.2) is 18.4 Å². The standard InChI is InChI=1S/C18H14ClN5O4S/c1-9-4-13(22-15-11-5-10(19)2-3-12(11)20-8-21-15)17(26)24-14(9)16(25)23-18(24)6-29(27,28)7-18/h2-5,8H,6-7H2,1H3,(H,23,25)(H,20,21,22). The fraction of sp³-hybridized carbons (Fsp3) is 0.222. The summed E-state index contributed by atoms with van der Waals surface area (Å²) in [4.78, 5) is 34.0. The number of amides is 1. The molecule has 1 saturated heterocycles. The molecule has 0 bridgehead atoms. The highest BCUT2D eigenvalue weighted by molar-refractivity contribution is 7.92. The molecule has 2 aromatic heterocycles. The highest BCUT2D eigenvalue weighted by Gasteiger charge is 2.57. The van der Waals surface area contributed by atoms with Crippen LogP contribution < -0.4 is 16.2 Å². The van der Waals surface area contributed by atoms with E-state index >= 15 is 0 Å². The van der Waals surface area contributed by atoms with Crippen LogP contribution >= 0.6 is 11.6 Å². The lowest BCUT2D eigenvalue weighted by Gasteiger charge is -2.38. The number of halogens is 1. The molecule has 148 valence electrons. The third-order valence-electron chi connectivity index (χ3n) is 5.15. The Hall–Kier alpha value is -2.98. The minimum absolute atomic E-state index is 0.172. The predicted molar refractivity (Wildman–Crippen MR) is 107 cm³/mol. The fourth-order valence-corrected chi connectivity index (χ4v) is 5.94. The average Bonchev–Trinajstić information content (AvgIpc) is 2.92. The number of pyridine rings is 1. The van der Waals surface area contributed by atoms with Crippen molar-refractivity contribution < 1.29 is 13.2 Å². The molecule has 1 amide bonds. The number of aryl methyl sites for hydroxylation is 1. The van der Waals surface area contributed by atoms with Gasteiger partial charge in [-0.15, -0.1) is 0 Å². The minimum atomic E-state index is -3.30. The van der Waals surface area contributed by atoms with Gasteiger partial charge >= 0.3 is 0 Å². The lowest BCUT2D eigenvalue weighted by Crippen LogP contribution is -2.64. The molecular weight excluding hydrogens is 418 g/mol. The minimum Gasteiger partial charge on any atom is -0.335 e. The zero-order valence-corrected chi connectivity index (χ0v) is 16.6. The number of aromatic nitrogens is 3. The molecule has 4 heterocycles. The van der Waals surface area contributed by atoms with Crippen LogP contribution in [0.1, 0.15) is 16.1 Å². The number of anilines is 2. The molecule has 1 spiro atoms. The van der Waals surface area contributed by atoms with E-state index in [0.717, 1.165) is 0 Å². The average molecular weight is 432 g/mol. The van der Waals surface area contributed by atoms with Gasteiger partial charge < -0.3 is 10.6 Å². The quantitative estimate of drug-likeness (QED) is 0.627. The van der Waals surface area contributed by atoms with Crippen LogP contribution in [0.15, 0.2) is 35.4 Å².